The van der Waals surface area contributed by atoms with E-state index in [9.17, 15) is 4.79 Å². The maximum absolute atomic E-state index is 10.3. The van der Waals surface area contributed by atoms with Gasteiger partial charge in [-0.1, -0.05) is 0 Å². The van der Waals surface area contributed by atoms with Gasteiger partial charge >= 0.3 is 0 Å². The van der Waals surface area contributed by atoms with Crippen molar-refractivity contribution in [2.24, 2.45) is 0 Å². The summed E-state index contributed by atoms with van der Waals surface area (Å²) in [5.74, 6) is -0.537. The molecule has 0 aromatic rings. The molecule has 0 rings (SSSR count). The molecule has 0 radical (unpaired) electrons. The van der Waals surface area contributed by atoms with Crippen molar-refractivity contribution < 1.29 is 15.0 Å². The summed E-state index contributed by atoms with van der Waals surface area (Å²) in [7, 11) is 0. The van der Waals surface area contributed by atoms with Crippen molar-refractivity contribution in [3.63, 3.8) is 0 Å². The number of aliphatic hydroxyl groups excluding tert-OH is 2. The first-order valence-electron chi connectivity index (χ1n) is 2.45. The Morgan fingerprint density at radius 3 is 1.50 bits per heavy atom. The normalized spacial score (nSPS) is 17.5. The van der Waals surface area contributed by atoms with Gasteiger partial charge in [0.05, 0.1) is 0 Å². The highest BCUT2D eigenvalue weighted by Crippen LogP contribution is 1.88. The van der Waals surface area contributed by atoms with E-state index in [1.54, 1.807) is 0 Å². The molecule has 0 saturated carbocycles. The van der Waals surface area contributed by atoms with Gasteiger partial charge in [-0.25, -0.2) is 0 Å². The molecule has 0 aliphatic carbocycles. The van der Waals surface area contributed by atoms with Crippen LogP contribution < -0.4 is 0 Å². The van der Waals surface area contributed by atoms with Crippen LogP contribution in [0.5, 0.6) is 0 Å². The highest BCUT2D eigenvalue weighted by molar-refractivity contribution is 5.86. The highest BCUT2D eigenvalue weighted by Gasteiger charge is 2.13. The largest absolute Gasteiger partial charge is 0.386 e. The van der Waals surface area contributed by atoms with Gasteiger partial charge < -0.3 is 10.2 Å². The molecular formula is C5H10O3. The van der Waals surface area contributed by atoms with Crippen molar-refractivity contribution in [2.45, 2.75) is 26.1 Å². The minimum absolute atomic E-state index is 0.537. The van der Waals surface area contributed by atoms with Crippen LogP contribution in [-0.4, -0.2) is 28.2 Å². The monoisotopic (exact) mass is 118 g/mol. The Balaban J connectivity index is 3.65. The van der Waals surface area contributed by atoms with Gasteiger partial charge in [-0.3, -0.25) is 4.79 Å². The molecular weight excluding hydrogens is 108 g/mol. The first-order chi connectivity index (χ1) is 3.55. The number of aliphatic hydroxyl groups is 2. The number of hydrogen-bond donors (Lipinski definition) is 2. The van der Waals surface area contributed by atoms with Crippen LogP contribution in [0.2, 0.25) is 0 Å². The van der Waals surface area contributed by atoms with E-state index in [1.165, 1.54) is 13.8 Å². The predicted molar refractivity (Wildman–Crippen MR) is 28.4 cm³/mol. The summed E-state index contributed by atoms with van der Waals surface area (Å²) in [6, 6.07) is 0. The molecule has 0 fully saturated rings. The summed E-state index contributed by atoms with van der Waals surface area (Å²) in [6.07, 6.45) is -2.09. The van der Waals surface area contributed by atoms with Crippen LogP contribution in [0.4, 0.5) is 0 Å². The van der Waals surface area contributed by atoms with Crippen LogP contribution >= 0.6 is 0 Å². The first kappa shape index (κ1) is 7.59. The second-order valence-electron chi connectivity index (χ2n) is 1.75. The van der Waals surface area contributed by atoms with Crippen LogP contribution in [0.1, 0.15) is 13.8 Å². The van der Waals surface area contributed by atoms with Gasteiger partial charge in [0.1, 0.15) is 12.2 Å². The second kappa shape index (κ2) is 2.79. The summed E-state index contributed by atoms with van der Waals surface area (Å²) in [5.41, 5.74) is 0. The Kier molecular flexibility index (Phi) is 2.65. The minimum atomic E-state index is -1.05. The summed E-state index contributed by atoms with van der Waals surface area (Å²) >= 11 is 0. The average Bonchev–Trinajstić information content (AvgIpc) is 1.64. The Morgan fingerprint density at radius 1 is 1.25 bits per heavy atom. The Bertz CT molecular complexity index is 75.7. The second-order valence-corrected chi connectivity index (χ2v) is 1.75. The van der Waals surface area contributed by atoms with Crippen molar-refractivity contribution in [1.82, 2.24) is 0 Å². The van der Waals surface area contributed by atoms with E-state index in [4.69, 9.17) is 10.2 Å². The van der Waals surface area contributed by atoms with E-state index in [0.29, 0.717) is 0 Å². The highest BCUT2D eigenvalue weighted by atomic mass is 16.3. The van der Waals surface area contributed by atoms with Gasteiger partial charge in [-0.05, 0) is 13.8 Å². The fourth-order valence-electron chi connectivity index (χ4n) is 0.349. The zero-order valence-corrected chi connectivity index (χ0v) is 4.96. The number of rotatable bonds is 2. The molecule has 3 heteroatoms. The van der Waals surface area contributed by atoms with Crippen molar-refractivity contribution in [3.8, 4) is 0 Å². The predicted octanol–water partition coefficient (Wildman–Crippen LogP) is -0.683. The van der Waals surface area contributed by atoms with E-state index < -0.39 is 18.0 Å². The van der Waals surface area contributed by atoms with Crippen molar-refractivity contribution in [3.05, 3.63) is 0 Å². The Morgan fingerprint density at radius 2 is 1.50 bits per heavy atom. The topological polar surface area (TPSA) is 57.5 Å². The van der Waals surface area contributed by atoms with E-state index in [-0.39, 0.29) is 0 Å². The van der Waals surface area contributed by atoms with E-state index >= 15 is 0 Å². The Labute approximate surface area is 47.9 Å². The number of Topliss-reactive ketones (excluding diaryl/α,β-unsaturated/α-hetero) is 1. The number of hydrogen-bond acceptors (Lipinski definition) is 3. The lowest BCUT2D eigenvalue weighted by atomic mass is 10.2. The smallest absolute Gasteiger partial charge is 0.188 e. The molecule has 0 aromatic carbocycles. The fraction of sp³-hybridized carbons (Fsp3) is 0.800. The molecule has 8 heavy (non-hydrogen) atoms. The lowest BCUT2D eigenvalue weighted by Gasteiger charge is -2.03. The van der Waals surface area contributed by atoms with Gasteiger partial charge in [0.15, 0.2) is 5.78 Å². The summed E-state index contributed by atoms with van der Waals surface area (Å²) in [4.78, 5) is 10.3. The van der Waals surface area contributed by atoms with Crippen molar-refractivity contribution >= 4 is 5.78 Å². The van der Waals surface area contributed by atoms with Crippen LogP contribution in [0.3, 0.4) is 0 Å². The maximum atomic E-state index is 10.3. The third kappa shape index (κ3) is 2.04. The summed E-state index contributed by atoms with van der Waals surface area (Å²) in [6.45, 7) is 2.66. The zero-order chi connectivity index (χ0) is 6.73. The fourth-order valence-corrected chi connectivity index (χ4v) is 0.349. The molecule has 2 atom stereocenters. The number of ketones is 1. The molecule has 0 saturated heterocycles. The molecule has 0 amide bonds. The average molecular weight is 118 g/mol. The van der Waals surface area contributed by atoms with Crippen LogP contribution in [0.15, 0.2) is 0 Å². The quantitative estimate of drug-likeness (QED) is 0.505. The van der Waals surface area contributed by atoms with E-state index in [0.717, 1.165) is 0 Å². The maximum Gasteiger partial charge on any atom is 0.188 e. The third-order valence-corrected chi connectivity index (χ3v) is 0.824. The number of carbonyl (C=O) groups is 1. The molecule has 0 heterocycles. The van der Waals surface area contributed by atoms with Crippen LogP contribution in [0, 0.1) is 0 Å². The standard InChI is InChI=1S/C5H10O3/c1-3(6)5(8)4(2)7/h3-4,6-7H,1-2H3/t3-,4+. The Hall–Kier alpha value is -0.410. The summed E-state index contributed by atoms with van der Waals surface area (Å²) < 4.78 is 0. The molecule has 2 N–H and O–H groups in total. The third-order valence-electron chi connectivity index (χ3n) is 0.824. The number of carbonyl (C=O) groups excluding carboxylic acids is 1. The molecule has 48 valence electrons. The van der Waals surface area contributed by atoms with Gasteiger partial charge in [-0.2, -0.15) is 0 Å². The van der Waals surface area contributed by atoms with Crippen molar-refractivity contribution in [1.29, 1.82) is 0 Å². The van der Waals surface area contributed by atoms with Gasteiger partial charge in [0.2, 0.25) is 0 Å². The lowest BCUT2D eigenvalue weighted by Crippen LogP contribution is -2.27. The van der Waals surface area contributed by atoms with Crippen LogP contribution in [0.25, 0.3) is 0 Å². The SMILES string of the molecule is C[C@H](O)C(=O)[C@@H](C)O. The molecule has 0 bridgehead atoms. The first-order valence-corrected chi connectivity index (χ1v) is 2.45. The van der Waals surface area contributed by atoms with Crippen molar-refractivity contribution in [2.75, 3.05) is 0 Å². The summed E-state index contributed by atoms with van der Waals surface area (Å²) in [5, 5.41) is 17.0. The molecule has 3 nitrogen and oxygen atoms in total. The van der Waals surface area contributed by atoms with E-state index in [1.807, 2.05) is 0 Å². The molecule has 0 aliphatic rings. The molecule has 0 unspecified atom stereocenters. The molecule has 0 aromatic heterocycles. The van der Waals surface area contributed by atoms with Gasteiger partial charge in [-0.15, -0.1) is 0 Å². The molecule has 0 spiro atoms. The van der Waals surface area contributed by atoms with Crippen LogP contribution in [-0.2, 0) is 4.79 Å². The molecule has 0 aliphatic heterocycles. The van der Waals surface area contributed by atoms with Gasteiger partial charge in [0, 0.05) is 0 Å². The zero-order valence-electron chi connectivity index (χ0n) is 4.96. The minimum Gasteiger partial charge on any atom is -0.386 e. The van der Waals surface area contributed by atoms with Gasteiger partial charge in [0.25, 0.3) is 0 Å². The van der Waals surface area contributed by atoms with E-state index in [2.05, 4.69) is 0 Å². The lowest BCUT2D eigenvalue weighted by molar-refractivity contribution is -0.133.